The Morgan fingerprint density at radius 3 is 2.24 bits per heavy atom. The van der Waals surface area contributed by atoms with Crippen LogP contribution in [-0.4, -0.2) is 42.0 Å². The maximum Gasteiger partial charge on any atom is 0.320 e. The summed E-state index contributed by atoms with van der Waals surface area (Å²) in [4.78, 5) is 42.3. The fourth-order valence-corrected chi connectivity index (χ4v) is 5.46. The van der Waals surface area contributed by atoms with E-state index < -0.39 is 23.4 Å². The van der Waals surface area contributed by atoms with Crippen molar-refractivity contribution in [3.05, 3.63) is 83.6 Å². The van der Waals surface area contributed by atoms with Crippen molar-refractivity contribution in [1.82, 2.24) is 10.2 Å². The molecule has 2 aliphatic heterocycles. The normalized spacial score (nSPS) is 25.3. The standard InChI is InChI=1S/C31H38N2O5/c1-21-31(29(36)37-5)18-24(16-27(34)32-19-22-12-8-6-9-13-22)28(35)33(20-23-14-10-7-11-15-23)25(31)17-26(38-21)30(2,3)4/h6-15,17,21,24,26H,16,18-20H2,1-5H3,(H,32,34)/t21-,24+,26-,31+/m1/s1. The number of nitrogens with one attached hydrogen (secondary N) is 1. The highest BCUT2D eigenvalue weighted by molar-refractivity contribution is 5.92. The van der Waals surface area contributed by atoms with Crippen molar-refractivity contribution >= 4 is 17.8 Å². The number of hydrogen-bond donors (Lipinski definition) is 1. The molecule has 4 rings (SSSR count). The predicted octanol–water partition coefficient (Wildman–Crippen LogP) is 4.62. The van der Waals surface area contributed by atoms with Gasteiger partial charge in [-0.2, -0.15) is 0 Å². The third kappa shape index (κ3) is 5.53. The summed E-state index contributed by atoms with van der Waals surface area (Å²) < 4.78 is 11.8. The molecule has 38 heavy (non-hydrogen) atoms. The van der Waals surface area contributed by atoms with E-state index in [1.54, 1.807) is 4.90 Å². The average molecular weight is 519 g/mol. The Morgan fingerprint density at radius 1 is 1.05 bits per heavy atom. The van der Waals surface area contributed by atoms with E-state index in [1.807, 2.05) is 73.7 Å². The molecule has 2 aromatic rings. The molecule has 7 heteroatoms. The number of hydrogen-bond acceptors (Lipinski definition) is 5. The van der Waals surface area contributed by atoms with E-state index in [9.17, 15) is 14.4 Å². The molecule has 202 valence electrons. The number of piperidine rings is 1. The third-order valence-electron chi connectivity index (χ3n) is 7.64. The summed E-state index contributed by atoms with van der Waals surface area (Å²) in [5.41, 5.74) is 1.06. The van der Waals surface area contributed by atoms with Gasteiger partial charge in [-0.3, -0.25) is 14.4 Å². The zero-order valence-electron chi connectivity index (χ0n) is 22.9. The summed E-state index contributed by atoms with van der Waals surface area (Å²) in [5.74, 6) is -1.57. The number of amides is 2. The molecule has 0 aromatic heterocycles. The molecule has 1 N–H and O–H groups in total. The fourth-order valence-electron chi connectivity index (χ4n) is 5.46. The van der Waals surface area contributed by atoms with Gasteiger partial charge in [-0.25, -0.2) is 0 Å². The summed E-state index contributed by atoms with van der Waals surface area (Å²) in [5, 5.41) is 2.93. The molecule has 1 saturated heterocycles. The number of methoxy groups -OCH3 is 1. The van der Waals surface area contributed by atoms with Crippen molar-refractivity contribution in [3.63, 3.8) is 0 Å². The fraction of sp³-hybridized carbons (Fsp3) is 0.452. The van der Waals surface area contributed by atoms with E-state index in [4.69, 9.17) is 9.47 Å². The van der Waals surface area contributed by atoms with Crippen LogP contribution in [0.2, 0.25) is 0 Å². The summed E-state index contributed by atoms with van der Waals surface area (Å²) in [6, 6.07) is 19.3. The van der Waals surface area contributed by atoms with E-state index in [0.29, 0.717) is 12.2 Å². The lowest BCUT2D eigenvalue weighted by Gasteiger charge is -2.53. The van der Waals surface area contributed by atoms with E-state index >= 15 is 0 Å². The first-order valence-corrected chi connectivity index (χ1v) is 13.2. The highest BCUT2D eigenvalue weighted by atomic mass is 16.5. The number of benzene rings is 2. The molecular weight excluding hydrogens is 480 g/mol. The number of carbonyl (C=O) groups excluding carboxylic acids is 3. The first-order valence-electron chi connectivity index (χ1n) is 13.2. The molecule has 0 unspecified atom stereocenters. The van der Waals surface area contributed by atoms with Gasteiger partial charge >= 0.3 is 5.97 Å². The molecule has 0 bridgehead atoms. The minimum absolute atomic E-state index is 0.0294. The number of ether oxygens (including phenoxy) is 2. The monoisotopic (exact) mass is 518 g/mol. The molecule has 2 amide bonds. The van der Waals surface area contributed by atoms with E-state index in [2.05, 4.69) is 26.1 Å². The second-order valence-corrected chi connectivity index (χ2v) is 11.4. The predicted molar refractivity (Wildman–Crippen MR) is 144 cm³/mol. The molecule has 1 fully saturated rings. The number of esters is 1. The van der Waals surface area contributed by atoms with Crippen molar-refractivity contribution in [2.24, 2.45) is 16.7 Å². The van der Waals surface area contributed by atoms with Crippen molar-refractivity contribution < 1.29 is 23.9 Å². The van der Waals surface area contributed by atoms with E-state index in [0.717, 1.165) is 11.1 Å². The molecule has 0 aliphatic carbocycles. The molecule has 2 aromatic carbocycles. The number of likely N-dealkylation sites (tertiary alicyclic amines) is 1. The van der Waals surface area contributed by atoms with Crippen molar-refractivity contribution in [2.45, 2.75) is 65.8 Å². The molecular formula is C31H38N2O5. The van der Waals surface area contributed by atoms with Gasteiger partial charge < -0.3 is 19.7 Å². The second kappa shape index (κ2) is 11.1. The van der Waals surface area contributed by atoms with Crippen molar-refractivity contribution in [3.8, 4) is 0 Å². The van der Waals surface area contributed by atoms with Gasteiger partial charge in [0.05, 0.1) is 25.9 Å². The van der Waals surface area contributed by atoms with Crippen LogP contribution in [0.4, 0.5) is 0 Å². The number of rotatable bonds is 7. The van der Waals surface area contributed by atoms with Gasteiger partial charge in [-0.05, 0) is 36.0 Å². The summed E-state index contributed by atoms with van der Waals surface area (Å²) in [6.07, 6.45) is 1.18. The van der Waals surface area contributed by atoms with Gasteiger partial charge in [0.25, 0.3) is 0 Å². The lowest BCUT2D eigenvalue weighted by molar-refractivity contribution is -0.180. The van der Waals surface area contributed by atoms with Crippen LogP contribution in [0.3, 0.4) is 0 Å². The van der Waals surface area contributed by atoms with Gasteiger partial charge in [-0.15, -0.1) is 0 Å². The average Bonchev–Trinajstić information content (AvgIpc) is 2.90. The van der Waals surface area contributed by atoms with Gasteiger partial charge in [0, 0.05) is 24.6 Å². The Balaban J connectivity index is 1.71. The van der Waals surface area contributed by atoms with E-state index in [-0.39, 0.29) is 42.7 Å². The van der Waals surface area contributed by atoms with Crippen molar-refractivity contribution in [1.29, 1.82) is 0 Å². The first-order chi connectivity index (χ1) is 18.1. The van der Waals surface area contributed by atoms with Gasteiger partial charge in [0.1, 0.15) is 5.41 Å². The topological polar surface area (TPSA) is 84.9 Å². The Hall–Kier alpha value is -3.45. The minimum Gasteiger partial charge on any atom is -0.468 e. The van der Waals surface area contributed by atoms with Crippen LogP contribution in [0.25, 0.3) is 0 Å². The van der Waals surface area contributed by atoms with Gasteiger partial charge in [0.15, 0.2) is 0 Å². The highest BCUT2D eigenvalue weighted by Crippen LogP contribution is 2.52. The summed E-state index contributed by atoms with van der Waals surface area (Å²) in [7, 11) is 1.36. The van der Waals surface area contributed by atoms with Crippen LogP contribution in [-0.2, 0) is 36.9 Å². The summed E-state index contributed by atoms with van der Waals surface area (Å²) >= 11 is 0. The molecule has 0 radical (unpaired) electrons. The maximum atomic E-state index is 14.0. The Bertz CT molecular complexity index is 1190. The number of carbonyl (C=O) groups is 3. The quantitative estimate of drug-likeness (QED) is 0.541. The highest BCUT2D eigenvalue weighted by Gasteiger charge is 2.60. The molecule has 2 heterocycles. The lowest BCUT2D eigenvalue weighted by Crippen LogP contribution is -2.60. The van der Waals surface area contributed by atoms with Gasteiger partial charge in [0.2, 0.25) is 11.8 Å². The zero-order chi connectivity index (χ0) is 27.5. The van der Waals surface area contributed by atoms with E-state index in [1.165, 1.54) is 7.11 Å². The Labute approximate surface area is 225 Å². The lowest BCUT2D eigenvalue weighted by atomic mass is 9.65. The van der Waals surface area contributed by atoms with Crippen LogP contribution < -0.4 is 5.32 Å². The number of fused-ring (bicyclic) bond motifs is 1. The van der Waals surface area contributed by atoms with Crippen molar-refractivity contribution in [2.75, 3.05) is 7.11 Å². The Kier molecular flexibility index (Phi) is 8.07. The van der Waals surface area contributed by atoms with Crippen LogP contribution >= 0.6 is 0 Å². The largest absolute Gasteiger partial charge is 0.468 e. The maximum absolute atomic E-state index is 14.0. The SMILES string of the molecule is COC(=O)[C@]12C[C@H](CC(=O)NCc3ccccc3)C(=O)N(Cc3ccccc3)C1=C[C@H](C(C)(C)C)O[C@@H]2C. The van der Waals surface area contributed by atoms with Crippen LogP contribution in [0.1, 0.15) is 51.7 Å². The zero-order valence-corrected chi connectivity index (χ0v) is 22.9. The van der Waals surface area contributed by atoms with Crippen LogP contribution in [0.5, 0.6) is 0 Å². The third-order valence-corrected chi connectivity index (χ3v) is 7.64. The Morgan fingerprint density at radius 2 is 1.66 bits per heavy atom. The molecule has 0 saturated carbocycles. The smallest absolute Gasteiger partial charge is 0.320 e. The van der Waals surface area contributed by atoms with Crippen LogP contribution in [0, 0.1) is 16.7 Å². The summed E-state index contributed by atoms with van der Waals surface area (Å²) in [6.45, 7) is 8.73. The first kappa shape index (κ1) is 27.6. The van der Waals surface area contributed by atoms with Gasteiger partial charge in [-0.1, -0.05) is 81.4 Å². The second-order valence-electron chi connectivity index (χ2n) is 11.4. The minimum atomic E-state index is -1.20. The molecule has 4 atom stereocenters. The molecule has 7 nitrogen and oxygen atoms in total. The van der Waals surface area contributed by atoms with Crippen LogP contribution in [0.15, 0.2) is 72.4 Å². The molecule has 0 spiro atoms. The molecule has 2 aliphatic rings. The number of nitrogens with zero attached hydrogens (tertiary/aromatic N) is 1.